The lowest BCUT2D eigenvalue weighted by Gasteiger charge is -2.32. The summed E-state index contributed by atoms with van der Waals surface area (Å²) in [5.41, 5.74) is 0.257. The Kier molecular flexibility index (Phi) is 6.24. The Balaban J connectivity index is 2.23. The van der Waals surface area contributed by atoms with Crippen LogP contribution < -0.4 is 4.72 Å². The third-order valence-electron chi connectivity index (χ3n) is 3.79. The van der Waals surface area contributed by atoms with Crippen LogP contribution in [0, 0.1) is 0 Å². The molecule has 1 saturated heterocycles. The molecule has 1 aromatic carbocycles. The predicted molar refractivity (Wildman–Crippen MR) is 92.9 cm³/mol. The average molecular weight is 377 g/mol. The summed E-state index contributed by atoms with van der Waals surface area (Å²) in [6.07, 6.45) is 1.32. The molecule has 0 bridgehead atoms. The average Bonchev–Trinajstić information content (AvgIpc) is 2.53. The number of benzene rings is 1. The number of hydrogen-bond acceptors (Lipinski definition) is 5. The van der Waals surface area contributed by atoms with E-state index in [2.05, 4.69) is 4.72 Å². The van der Waals surface area contributed by atoms with Crippen molar-refractivity contribution < 1.29 is 21.6 Å². The van der Waals surface area contributed by atoms with Gasteiger partial charge in [0.1, 0.15) is 0 Å². The number of morpholine rings is 1. The topological polar surface area (TPSA) is 92.8 Å². The number of anilines is 1. The van der Waals surface area contributed by atoms with Crippen LogP contribution in [-0.4, -0.2) is 52.7 Å². The van der Waals surface area contributed by atoms with Gasteiger partial charge < -0.3 is 4.74 Å². The first-order chi connectivity index (χ1) is 11.3. The van der Waals surface area contributed by atoms with E-state index in [1.165, 1.54) is 22.5 Å². The molecule has 1 unspecified atom stereocenters. The summed E-state index contributed by atoms with van der Waals surface area (Å²) in [6, 6.07) is 5.66. The van der Waals surface area contributed by atoms with Crippen molar-refractivity contribution >= 4 is 25.7 Å². The van der Waals surface area contributed by atoms with Gasteiger partial charge in [-0.1, -0.05) is 19.4 Å². The molecule has 1 N–H and O–H groups in total. The van der Waals surface area contributed by atoms with Crippen molar-refractivity contribution in [3.63, 3.8) is 0 Å². The molecule has 0 aromatic heterocycles. The predicted octanol–water partition coefficient (Wildman–Crippen LogP) is 1.64. The van der Waals surface area contributed by atoms with Gasteiger partial charge in [-0.3, -0.25) is 4.72 Å². The highest BCUT2D eigenvalue weighted by atomic mass is 32.2. The second-order valence-electron chi connectivity index (χ2n) is 5.84. The first-order valence-corrected chi connectivity index (χ1v) is 11.1. The molecular formula is C15H24N2O5S2. The van der Waals surface area contributed by atoms with E-state index in [0.717, 1.165) is 6.42 Å². The summed E-state index contributed by atoms with van der Waals surface area (Å²) in [4.78, 5) is 0.0759. The molecule has 1 heterocycles. The number of unbranched alkanes of at least 4 members (excludes halogenated alkanes) is 1. The Labute approximate surface area is 144 Å². The molecule has 136 valence electrons. The summed E-state index contributed by atoms with van der Waals surface area (Å²) < 4.78 is 58.6. The van der Waals surface area contributed by atoms with Crippen LogP contribution in [0.2, 0.25) is 0 Å². The van der Waals surface area contributed by atoms with Crippen LogP contribution >= 0.6 is 0 Å². The largest absolute Gasteiger partial charge is 0.378 e. The van der Waals surface area contributed by atoms with Crippen LogP contribution in [0.3, 0.4) is 0 Å². The minimum atomic E-state index is -3.69. The Morgan fingerprint density at radius 3 is 2.71 bits per heavy atom. The maximum Gasteiger partial charge on any atom is 0.243 e. The number of rotatable bonds is 7. The Morgan fingerprint density at radius 2 is 2.04 bits per heavy atom. The van der Waals surface area contributed by atoms with Gasteiger partial charge in [0.2, 0.25) is 20.0 Å². The fraction of sp³-hybridized carbons (Fsp3) is 0.600. The second-order valence-corrected chi connectivity index (χ2v) is 9.57. The van der Waals surface area contributed by atoms with Gasteiger partial charge in [-0.05, 0) is 31.5 Å². The Bertz CT molecular complexity index is 762. The zero-order chi connectivity index (χ0) is 17.8. The van der Waals surface area contributed by atoms with E-state index < -0.39 is 20.0 Å². The molecule has 24 heavy (non-hydrogen) atoms. The van der Waals surface area contributed by atoms with Crippen molar-refractivity contribution in [1.29, 1.82) is 0 Å². The molecule has 0 spiro atoms. The highest BCUT2D eigenvalue weighted by Gasteiger charge is 2.31. The molecule has 0 saturated carbocycles. The summed E-state index contributed by atoms with van der Waals surface area (Å²) in [5.74, 6) is 0.0149. The minimum absolute atomic E-state index is 0.0149. The summed E-state index contributed by atoms with van der Waals surface area (Å²) in [5, 5.41) is 0. The third kappa shape index (κ3) is 4.69. The molecule has 2 rings (SSSR count). The van der Waals surface area contributed by atoms with Gasteiger partial charge in [-0.2, -0.15) is 4.31 Å². The summed E-state index contributed by atoms with van der Waals surface area (Å²) >= 11 is 0. The molecule has 1 fully saturated rings. The van der Waals surface area contributed by atoms with Crippen molar-refractivity contribution in [2.45, 2.75) is 37.6 Å². The van der Waals surface area contributed by atoms with E-state index in [4.69, 9.17) is 4.74 Å². The number of nitrogens with zero attached hydrogens (tertiary/aromatic N) is 1. The van der Waals surface area contributed by atoms with Crippen LogP contribution in [-0.2, 0) is 24.8 Å². The van der Waals surface area contributed by atoms with Crippen LogP contribution in [0.15, 0.2) is 29.2 Å². The van der Waals surface area contributed by atoms with Crippen molar-refractivity contribution in [2.75, 3.05) is 30.2 Å². The molecule has 9 heteroatoms. The highest BCUT2D eigenvalue weighted by molar-refractivity contribution is 7.92. The number of ether oxygens (including phenoxy) is 1. The molecule has 1 aromatic rings. The first kappa shape index (κ1) is 19.2. The quantitative estimate of drug-likeness (QED) is 0.781. The normalized spacial score (nSPS) is 20.0. The van der Waals surface area contributed by atoms with E-state index >= 15 is 0 Å². The van der Waals surface area contributed by atoms with E-state index in [0.29, 0.717) is 19.6 Å². The lowest BCUT2D eigenvalue weighted by atomic mass is 10.3. The standard InChI is InChI=1S/C15H24N2O5S2/c1-3-4-10-23(18,19)16-14-6-5-7-15(11-14)24(20,21)17-8-9-22-12-13(17)2/h5-7,11,13,16H,3-4,8-10,12H2,1-2H3. The van der Waals surface area contributed by atoms with Crippen molar-refractivity contribution in [2.24, 2.45) is 0 Å². The van der Waals surface area contributed by atoms with Gasteiger partial charge in [0.15, 0.2) is 0 Å². The third-order valence-corrected chi connectivity index (χ3v) is 7.17. The lowest BCUT2D eigenvalue weighted by Crippen LogP contribution is -2.46. The van der Waals surface area contributed by atoms with Crippen LogP contribution in [0.1, 0.15) is 26.7 Å². The zero-order valence-corrected chi connectivity index (χ0v) is 15.6. The minimum Gasteiger partial charge on any atom is -0.378 e. The van der Waals surface area contributed by atoms with Crippen LogP contribution in [0.25, 0.3) is 0 Å². The van der Waals surface area contributed by atoms with Gasteiger partial charge in [0.25, 0.3) is 0 Å². The van der Waals surface area contributed by atoms with Gasteiger partial charge in [0.05, 0.1) is 23.9 Å². The van der Waals surface area contributed by atoms with Gasteiger partial charge in [-0.15, -0.1) is 0 Å². The summed E-state index contributed by atoms with van der Waals surface area (Å²) in [7, 11) is -7.16. The number of sulfonamides is 2. The van der Waals surface area contributed by atoms with Gasteiger partial charge in [0, 0.05) is 18.3 Å². The molecule has 0 amide bonds. The number of hydrogen-bond donors (Lipinski definition) is 1. The van der Waals surface area contributed by atoms with Crippen molar-refractivity contribution in [3.05, 3.63) is 24.3 Å². The van der Waals surface area contributed by atoms with Crippen LogP contribution in [0.5, 0.6) is 0 Å². The first-order valence-electron chi connectivity index (χ1n) is 7.96. The fourth-order valence-corrected chi connectivity index (χ4v) is 5.39. The fourth-order valence-electron chi connectivity index (χ4n) is 2.49. The lowest BCUT2D eigenvalue weighted by molar-refractivity contribution is 0.0393. The second kappa shape index (κ2) is 7.81. The van der Waals surface area contributed by atoms with Crippen molar-refractivity contribution in [3.8, 4) is 0 Å². The SMILES string of the molecule is CCCCS(=O)(=O)Nc1cccc(S(=O)(=O)N2CCOCC2C)c1. The molecule has 1 atom stereocenters. The number of nitrogens with one attached hydrogen (secondary N) is 1. The van der Waals surface area contributed by atoms with E-state index in [-0.39, 0.29) is 28.9 Å². The molecule has 7 nitrogen and oxygen atoms in total. The molecule has 1 aliphatic heterocycles. The maximum atomic E-state index is 12.8. The molecule has 0 aliphatic carbocycles. The Morgan fingerprint density at radius 1 is 1.29 bits per heavy atom. The van der Waals surface area contributed by atoms with Gasteiger partial charge in [-0.25, -0.2) is 16.8 Å². The smallest absolute Gasteiger partial charge is 0.243 e. The molecule has 0 radical (unpaired) electrons. The Hall–Kier alpha value is -1.16. The van der Waals surface area contributed by atoms with Gasteiger partial charge >= 0.3 is 0 Å². The maximum absolute atomic E-state index is 12.8. The van der Waals surface area contributed by atoms with Crippen LogP contribution in [0.4, 0.5) is 5.69 Å². The zero-order valence-electron chi connectivity index (χ0n) is 13.9. The molecule has 1 aliphatic rings. The summed E-state index contributed by atoms with van der Waals surface area (Å²) in [6.45, 7) is 4.69. The highest BCUT2D eigenvalue weighted by Crippen LogP contribution is 2.23. The van der Waals surface area contributed by atoms with E-state index in [1.807, 2.05) is 6.92 Å². The monoisotopic (exact) mass is 376 g/mol. The van der Waals surface area contributed by atoms with E-state index in [9.17, 15) is 16.8 Å². The van der Waals surface area contributed by atoms with Crippen molar-refractivity contribution in [1.82, 2.24) is 4.31 Å². The van der Waals surface area contributed by atoms with E-state index in [1.54, 1.807) is 13.0 Å². The molecular weight excluding hydrogens is 352 g/mol.